The third-order valence-corrected chi connectivity index (χ3v) is 3.36. The number of hydrogen-bond acceptors (Lipinski definition) is 5. The van der Waals surface area contributed by atoms with E-state index in [1.54, 1.807) is 7.11 Å². The first kappa shape index (κ1) is 15.9. The Balaban J connectivity index is 2.34. The van der Waals surface area contributed by atoms with Crippen molar-refractivity contribution in [2.75, 3.05) is 46.6 Å². The first-order chi connectivity index (χ1) is 9.14. The second-order valence-corrected chi connectivity index (χ2v) is 4.62. The highest BCUT2D eigenvalue weighted by Gasteiger charge is 2.38. The Morgan fingerprint density at radius 2 is 2.00 bits per heavy atom. The minimum atomic E-state index is -0.592. The third kappa shape index (κ3) is 4.77. The summed E-state index contributed by atoms with van der Waals surface area (Å²) in [5.41, 5.74) is 5.12. The number of ether oxygens (including phenoxy) is 2. The molecule has 0 aliphatic carbocycles. The fraction of sp³-hybridized carbons (Fsp3) is 0.833. The summed E-state index contributed by atoms with van der Waals surface area (Å²) in [4.78, 5) is 23.6. The van der Waals surface area contributed by atoms with Crippen LogP contribution >= 0.6 is 0 Å². The zero-order valence-electron chi connectivity index (χ0n) is 11.4. The Kier molecular flexibility index (Phi) is 6.75. The molecule has 0 bridgehead atoms. The molecule has 0 spiro atoms. The molecular weight excluding hydrogens is 250 g/mol. The van der Waals surface area contributed by atoms with Crippen LogP contribution in [0.5, 0.6) is 0 Å². The second kappa shape index (κ2) is 8.08. The van der Waals surface area contributed by atoms with Gasteiger partial charge >= 0.3 is 0 Å². The average Bonchev–Trinajstić information content (AvgIpc) is 2.45. The van der Waals surface area contributed by atoms with Gasteiger partial charge in [-0.05, 0) is 12.8 Å². The van der Waals surface area contributed by atoms with Gasteiger partial charge in [-0.25, -0.2) is 0 Å². The number of rotatable bonds is 7. The SMILES string of the molecule is COCCNC(=O)CNC(=O)C1(CN)CCOCC1. The van der Waals surface area contributed by atoms with E-state index < -0.39 is 5.41 Å². The molecule has 7 nitrogen and oxygen atoms in total. The van der Waals surface area contributed by atoms with Crippen molar-refractivity contribution in [1.82, 2.24) is 10.6 Å². The Bertz CT molecular complexity index is 303. The van der Waals surface area contributed by atoms with E-state index in [1.807, 2.05) is 0 Å². The van der Waals surface area contributed by atoms with Crippen molar-refractivity contribution < 1.29 is 19.1 Å². The largest absolute Gasteiger partial charge is 0.383 e. The Morgan fingerprint density at radius 3 is 2.58 bits per heavy atom. The van der Waals surface area contributed by atoms with Gasteiger partial charge in [0.25, 0.3) is 0 Å². The van der Waals surface area contributed by atoms with E-state index in [-0.39, 0.29) is 24.9 Å². The topological polar surface area (TPSA) is 103 Å². The van der Waals surface area contributed by atoms with Gasteiger partial charge in [0.2, 0.25) is 11.8 Å². The molecule has 0 aromatic rings. The lowest BCUT2D eigenvalue weighted by Crippen LogP contribution is -2.51. The monoisotopic (exact) mass is 273 g/mol. The Labute approximate surface area is 113 Å². The Hall–Kier alpha value is -1.18. The van der Waals surface area contributed by atoms with Gasteiger partial charge in [-0.2, -0.15) is 0 Å². The molecule has 0 aromatic carbocycles. The molecule has 2 amide bonds. The molecule has 1 aliphatic rings. The molecule has 0 unspecified atom stereocenters. The lowest BCUT2D eigenvalue weighted by atomic mass is 9.79. The van der Waals surface area contributed by atoms with E-state index in [2.05, 4.69) is 10.6 Å². The predicted octanol–water partition coefficient (Wildman–Crippen LogP) is -1.38. The molecule has 0 atom stereocenters. The number of methoxy groups -OCH3 is 1. The van der Waals surface area contributed by atoms with Crippen LogP contribution in [0.4, 0.5) is 0 Å². The second-order valence-electron chi connectivity index (χ2n) is 4.62. The minimum Gasteiger partial charge on any atom is -0.383 e. The summed E-state index contributed by atoms with van der Waals surface area (Å²) in [5, 5.41) is 5.28. The van der Waals surface area contributed by atoms with Gasteiger partial charge in [0, 0.05) is 33.4 Å². The molecule has 4 N–H and O–H groups in total. The van der Waals surface area contributed by atoms with Gasteiger partial charge in [0.05, 0.1) is 18.6 Å². The molecule has 1 aliphatic heterocycles. The van der Waals surface area contributed by atoms with Crippen molar-refractivity contribution in [3.8, 4) is 0 Å². The van der Waals surface area contributed by atoms with Gasteiger partial charge in [0.15, 0.2) is 0 Å². The van der Waals surface area contributed by atoms with E-state index in [0.29, 0.717) is 39.2 Å². The van der Waals surface area contributed by atoms with Crippen molar-refractivity contribution >= 4 is 11.8 Å². The first-order valence-electron chi connectivity index (χ1n) is 6.46. The van der Waals surface area contributed by atoms with Crippen LogP contribution in [0.1, 0.15) is 12.8 Å². The van der Waals surface area contributed by atoms with Gasteiger partial charge in [-0.15, -0.1) is 0 Å². The Morgan fingerprint density at radius 1 is 1.32 bits per heavy atom. The lowest BCUT2D eigenvalue weighted by Gasteiger charge is -2.34. The van der Waals surface area contributed by atoms with E-state index in [1.165, 1.54) is 0 Å². The van der Waals surface area contributed by atoms with Crippen LogP contribution in [-0.2, 0) is 19.1 Å². The molecule has 19 heavy (non-hydrogen) atoms. The molecule has 1 fully saturated rings. The molecule has 1 saturated heterocycles. The van der Waals surface area contributed by atoms with Crippen LogP contribution < -0.4 is 16.4 Å². The minimum absolute atomic E-state index is 0.0366. The summed E-state index contributed by atoms with van der Waals surface area (Å²) in [5.74, 6) is -0.398. The standard InChI is InChI=1S/C12H23N3O4/c1-18-7-4-14-10(16)8-15-11(17)12(9-13)2-5-19-6-3-12/h2-9,13H2,1H3,(H,14,16)(H,15,17). The summed E-state index contributed by atoms with van der Waals surface area (Å²) in [6.07, 6.45) is 1.20. The van der Waals surface area contributed by atoms with E-state index in [0.717, 1.165) is 0 Å². The maximum absolute atomic E-state index is 12.1. The van der Waals surface area contributed by atoms with Gasteiger partial charge in [0.1, 0.15) is 0 Å². The molecular formula is C12H23N3O4. The number of amides is 2. The fourth-order valence-electron chi connectivity index (χ4n) is 1.99. The normalized spacial score (nSPS) is 17.8. The highest BCUT2D eigenvalue weighted by atomic mass is 16.5. The number of hydrogen-bond donors (Lipinski definition) is 3. The molecule has 1 heterocycles. The van der Waals surface area contributed by atoms with Crippen LogP contribution in [0.3, 0.4) is 0 Å². The van der Waals surface area contributed by atoms with Crippen LogP contribution in [0.15, 0.2) is 0 Å². The number of nitrogens with one attached hydrogen (secondary N) is 2. The maximum Gasteiger partial charge on any atom is 0.239 e. The fourth-order valence-corrected chi connectivity index (χ4v) is 1.99. The van der Waals surface area contributed by atoms with Crippen LogP contribution in [0, 0.1) is 5.41 Å². The highest BCUT2D eigenvalue weighted by molar-refractivity contribution is 5.88. The van der Waals surface area contributed by atoms with Crippen molar-refractivity contribution in [3.63, 3.8) is 0 Å². The first-order valence-corrected chi connectivity index (χ1v) is 6.46. The summed E-state index contributed by atoms with van der Waals surface area (Å²) in [6, 6.07) is 0. The number of carbonyl (C=O) groups excluding carboxylic acids is 2. The molecule has 110 valence electrons. The smallest absolute Gasteiger partial charge is 0.239 e. The molecule has 0 radical (unpaired) electrons. The summed E-state index contributed by atoms with van der Waals surface area (Å²) in [6.45, 7) is 2.18. The molecule has 0 saturated carbocycles. The molecule has 7 heteroatoms. The van der Waals surface area contributed by atoms with E-state index in [4.69, 9.17) is 15.2 Å². The zero-order valence-corrected chi connectivity index (χ0v) is 11.4. The maximum atomic E-state index is 12.1. The third-order valence-electron chi connectivity index (χ3n) is 3.36. The average molecular weight is 273 g/mol. The van der Waals surface area contributed by atoms with Crippen molar-refractivity contribution in [1.29, 1.82) is 0 Å². The van der Waals surface area contributed by atoms with E-state index >= 15 is 0 Å². The molecule has 0 aromatic heterocycles. The predicted molar refractivity (Wildman–Crippen MR) is 69.4 cm³/mol. The van der Waals surface area contributed by atoms with Crippen LogP contribution in [0.25, 0.3) is 0 Å². The van der Waals surface area contributed by atoms with Gasteiger partial charge in [-0.3, -0.25) is 9.59 Å². The highest BCUT2D eigenvalue weighted by Crippen LogP contribution is 2.29. The van der Waals surface area contributed by atoms with Gasteiger partial charge < -0.3 is 25.8 Å². The zero-order chi connectivity index (χ0) is 14.1. The van der Waals surface area contributed by atoms with Gasteiger partial charge in [-0.1, -0.05) is 0 Å². The number of nitrogens with two attached hydrogens (primary N) is 1. The summed E-state index contributed by atoms with van der Waals surface area (Å²) in [7, 11) is 1.56. The van der Waals surface area contributed by atoms with Crippen molar-refractivity contribution in [3.05, 3.63) is 0 Å². The number of carbonyl (C=O) groups is 2. The lowest BCUT2D eigenvalue weighted by molar-refractivity contribution is -0.137. The van der Waals surface area contributed by atoms with Crippen molar-refractivity contribution in [2.45, 2.75) is 12.8 Å². The summed E-state index contributed by atoms with van der Waals surface area (Å²) >= 11 is 0. The quantitative estimate of drug-likeness (QED) is 0.496. The van der Waals surface area contributed by atoms with E-state index in [9.17, 15) is 9.59 Å². The summed E-state index contributed by atoms with van der Waals surface area (Å²) < 4.78 is 10.1. The molecule has 1 rings (SSSR count). The van der Waals surface area contributed by atoms with Crippen molar-refractivity contribution in [2.24, 2.45) is 11.1 Å². The van der Waals surface area contributed by atoms with Crippen LogP contribution in [-0.4, -0.2) is 58.4 Å². The van der Waals surface area contributed by atoms with Crippen LogP contribution in [0.2, 0.25) is 0 Å².